The summed E-state index contributed by atoms with van der Waals surface area (Å²) in [6, 6.07) is 1.69. The summed E-state index contributed by atoms with van der Waals surface area (Å²) < 4.78 is 4.87. The largest absolute Gasteiger partial charge is 0.384 e. The van der Waals surface area contributed by atoms with E-state index in [-0.39, 0.29) is 0 Å². The lowest BCUT2D eigenvalue weighted by Crippen LogP contribution is -2.09. The fraction of sp³-hybridized carbons (Fsp3) is 0.400. The molecule has 2 aromatic heterocycles. The highest BCUT2D eigenvalue weighted by molar-refractivity contribution is 5.44. The quantitative estimate of drug-likeness (QED) is 0.803. The van der Waals surface area contributed by atoms with Crippen molar-refractivity contribution in [3.05, 3.63) is 23.6 Å². The Morgan fingerprint density at radius 3 is 2.76 bits per heavy atom. The molecule has 0 saturated carbocycles. The van der Waals surface area contributed by atoms with Crippen molar-refractivity contribution in [2.45, 2.75) is 20.3 Å². The number of nitrogens with two attached hydrogens (primary N) is 1. The highest BCUT2D eigenvalue weighted by atomic mass is 16.5. The van der Waals surface area contributed by atoms with Gasteiger partial charge < -0.3 is 15.6 Å². The maximum Gasteiger partial charge on any atom is 0.223 e. The molecule has 7 heteroatoms. The van der Waals surface area contributed by atoms with E-state index in [4.69, 9.17) is 10.3 Å². The Kier molecular flexibility index (Phi) is 3.17. The van der Waals surface area contributed by atoms with Gasteiger partial charge in [0.25, 0.3) is 0 Å². The summed E-state index contributed by atoms with van der Waals surface area (Å²) in [5.74, 6) is 3.05. The lowest BCUT2D eigenvalue weighted by Gasteiger charge is -2.05. The minimum atomic E-state index is 0.454. The van der Waals surface area contributed by atoms with Crippen molar-refractivity contribution >= 4 is 11.6 Å². The molecule has 2 aromatic rings. The fourth-order valence-corrected chi connectivity index (χ4v) is 1.43. The number of nitrogens with one attached hydrogen (secondary N) is 1. The zero-order valence-corrected chi connectivity index (χ0v) is 9.77. The number of hydrogen-bond acceptors (Lipinski definition) is 7. The van der Waals surface area contributed by atoms with Gasteiger partial charge in [-0.25, -0.2) is 9.97 Å². The monoisotopic (exact) mass is 234 g/mol. The Labute approximate surface area is 98.5 Å². The van der Waals surface area contributed by atoms with Crippen LogP contribution in [0.5, 0.6) is 0 Å². The molecule has 0 spiro atoms. The van der Waals surface area contributed by atoms with Gasteiger partial charge in [-0.3, -0.25) is 0 Å². The van der Waals surface area contributed by atoms with Crippen LogP contribution in [-0.2, 0) is 6.42 Å². The smallest absolute Gasteiger partial charge is 0.223 e. The van der Waals surface area contributed by atoms with Crippen LogP contribution < -0.4 is 11.1 Å². The summed E-state index contributed by atoms with van der Waals surface area (Å²) in [6.07, 6.45) is 0.667. The van der Waals surface area contributed by atoms with Crippen LogP contribution in [0.2, 0.25) is 0 Å². The number of rotatable bonds is 4. The first kappa shape index (κ1) is 11.3. The van der Waals surface area contributed by atoms with Crippen molar-refractivity contribution in [1.29, 1.82) is 0 Å². The van der Waals surface area contributed by atoms with Crippen molar-refractivity contribution in [3.63, 3.8) is 0 Å². The third kappa shape index (κ3) is 3.13. The van der Waals surface area contributed by atoms with Crippen LogP contribution in [0.1, 0.15) is 17.5 Å². The number of nitrogen functional groups attached to an aromatic ring is 1. The number of hydrogen-bond donors (Lipinski definition) is 2. The SMILES string of the molecule is Cc1nc(N)cc(NCCc2noc(C)n2)n1. The molecule has 2 rings (SSSR count). The van der Waals surface area contributed by atoms with Gasteiger partial charge in [-0.15, -0.1) is 0 Å². The summed E-state index contributed by atoms with van der Waals surface area (Å²) in [7, 11) is 0. The third-order valence-corrected chi connectivity index (χ3v) is 2.08. The van der Waals surface area contributed by atoms with Gasteiger partial charge in [-0.2, -0.15) is 4.98 Å². The summed E-state index contributed by atoms with van der Waals surface area (Å²) in [4.78, 5) is 12.3. The molecule has 0 saturated heterocycles. The van der Waals surface area contributed by atoms with Crippen molar-refractivity contribution < 1.29 is 4.52 Å². The van der Waals surface area contributed by atoms with E-state index in [9.17, 15) is 0 Å². The Balaban J connectivity index is 1.89. The predicted molar refractivity (Wildman–Crippen MR) is 62.4 cm³/mol. The van der Waals surface area contributed by atoms with Crippen LogP contribution in [0, 0.1) is 13.8 Å². The molecule has 7 nitrogen and oxygen atoms in total. The highest BCUT2D eigenvalue weighted by Gasteiger charge is 2.03. The van der Waals surface area contributed by atoms with Gasteiger partial charge in [-0.05, 0) is 6.92 Å². The van der Waals surface area contributed by atoms with Gasteiger partial charge in [0.1, 0.15) is 17.5 Å². The molecule has 2 heterocycles. The number of aromatic nitrogens is 4. The molecule has 3 N–H and O–H groups in total. The average molecular weight is 234 g/mol. The second kappa shape index (κ2) is 4.77. The summed E-state index contributed by atoms with van der Waals surface area (Å²) >= 11 is 0. The second-order valence-electron chi connectivity index (χ2n) is 3.63. The topological polar surface area (TPSA) is 103 Å². The van der Waals surface area contributed by atoms with Crippen molar-refractivity contribution in [2.75, 3.05) is 17.6 Å². The first-order valence-corrected chi connectivity index (χ1v) is 5.28. The second-order valence-corrected chi connectivity index (χ2v) is 3.63. The normalized spacial score (nSPS) is 10.5. The fourth-order valence-electron chi connectivity index (χ4n) is 1.43. The van der Waals surface area contributed by atoms with Gasteiger partial charge in [0, 0.05) is 26.0 Å². The standard InChI is InChI=1S/C10H14N6O/c1-6-13-8(11)5-10(14-6)12-4-3-9-15-7(2)17-16-9/h5H,3-4H2,1-2H3,(H3,11,12,13,14). The lowest BCUT2D eigenvalue weighted by molar-refractivity contribution is 0.387. The van der Waals surface area contributed by atoms with Crippen molar-refractivity contribution in [2.24, 2.45) is 0 Å². The summed E-state index contributed by atoms with van der Waals surface area (Å²) in [5.41, 5.74) is 5.61. The van der Waals surface area contributed by atoms with E-state index in [1.54, 1.807) is 19.9 Å². The molecule has 0 atom stereocenters. The van der Waals surface area contributed by atoms with Crippen LogP contribution in [-0.4, -0.2) is 26.7 Å². The number of nitrogens with zero attached hydrogens (tertiary/aromatic N) is 4. The first-order chi connectivity index (χ1) is 8.13. The van der Waals surface area contributed by atoms with E-state index in [0.29, 0.717) is 42.1 Å². The molecule has 0 aliphatic heterocycles. The van der Waals surface area contributed by atoms with Crippen LogP contribution in [0.3, 0.4) is 0 Å². The molecular formula is C10H14N6O. The number of aryl methyl sites for hydroxylation is 2. The molecule has 0 bridgehead atoms. The Morgan fingerprint density at radius 2 is 2.12 bits per heavy atom. The predicted octanol–water partition coefficient (Wildman–Crippen LogP) is 0.713. The van der Waals surface area contributed by atoms with Gasteiger partial charge >= 0.3 is 0 Å². The van der Waals surface area contributed by atoms with Gasteiger partial charge in [0.15, 0.2) is 5.82 Å². The number of anilines is 2. The molecule has 0 aliphatic rings. The van der Waals surface area contributed by atoms with Gasteiger partial charge in [-0.1, -0.05) is 5.16 Å². The minimum Gasteiger partial charge on any atom is -0.384 e. The highest BCUT2D eigenvalue weighted by Crippen LogP contribution is 2.07. The average Bonchev–Trinajstić information content (AvgIpc) is 2.63. The van der Waals surface area contributed by atoms with Crippen LogP contribution in [0.25, 0.3) is 0 Å². The Bertz CT molecular complexity index is 489. The Morgan fingerprint density at radius 1 is 1.29 bits per heavy atom. The van der Waals surface area contributed by atoms with E-state index < -0.39 is 0 Å². The third-order valence-electron chi connectivity index (χ3n) is 2.08. The molecule has 17 heavy (non-hydrogen) atoms. The summed E-state index contributed by atoms with van der Waals surface area (Å²) in [6.45, 7) is 4.22. The Hall–Kier alpha value is -2.18. The lowest BCUT2D eigenvalue weighted by atomic mass is 10.4. The van der Waals surface area contributed by atoms with Crippen LogP contribution >= 0.6 is 0 Å². The van der Waals surface area contributed by atoms with Crippen molar-refractivity contribution in [3.8, 4) is 0 Å². The molecule has 0 fully saturated rings. The van der Waals surface area contributed by atoms with E-state index in [1.807, 2.05) is 0 Å². The van der Waals surface area contributed by atoms with Gasteiger partial charge in [0.2, 0.25) is 5.89 Å². The molecule has 0 aliphatic carbocycles. The zero-order chi connectivity index (χ0) is 12.3. The summed E-state index contributed by atoms with van der Waals surface area (Å²) in [5, 5.41) is 6.93. The molecule has 0 unspecified atom stereocenters. The zero-order valence-electron chi connectivity index (χ0n) is 9.77. The molecule has 0 radical (unpaired) electrons. The van der Waals surface area contributed by atoms with Crippen LogP contribution in [0.4, 0.5) is 11.6 Å². The minimum absolute atomic E-state index is 0.454. The molecule has 0 amide bonds. The maximum atomic E-state index is 5.61. The first-order valence-electron chi connectivity index (χ1n) is 5.28. The maximum absolute atomic E-state index is 5.61. The van der Waals surface area contributed by atoms with Gasteiger partial charge in [0.05, 0.1) is 0 Å². The van der Waals surface area contributed by atoms with Crippen LogP contribution in [0.15, 0.2) is 10.6 Å². The molecule has 0 aromatic carbocycles. The van der Waals surface area contributed by atoms with E-state index in [0.717, 1.165) is 0 Å². The molecular weight excluding hydrogens is 220 g/mol. The van der Waals surface area contributed by atoms with E-state index >= 15 is 0 Å². The van der Waals surface area contributed by atoms with E-state index in [2.05, 4.69) is 25.4 Å². The molecule has 90 valence electrons. The van der Waals surface area contributed by atoms with Crippen molar-refractivity contribution in [1.82, 2.24) is 20.1 Å². The van der Waals surface area contributed by atoms with E-state index in [1.165, 1.54) is 0 Å².